The lowest BCUT2D eigenvalue weighted by atomic mass is 10.2. The number of methoxy groups -OCH3 is 1. The van der Waals surface area contributed by atoms with Crippen LogP contribution in [0.1, 0.15) is 5.56 Å². The molecule has 0 N–H and O–H groups in total. The summed E-state index contributed by atoms with van der Waals surface area (Å²) in [5, 5.41) is 19.7. The van der Waals surface area contributed by atoms with Crippen LogP contribution < -0.4 is 9.47 Å². The third kappa shape index (κ3) is 2.62. The van der Waals surface area contributed by atoms with Crippen molar-refractivity contribution in [2.75, 3.05) is 7.11 Å². The van der Waals surface area contributed by atoms with Crippen LogP contribution in [0.15, 0.2) is 30.6 Å². The fourth-order valence-electron chi connectivity index (χ4n) is 1.44. The van der Waals surface area contributed by atoms with E-state index in [-0.39, 0.29) is 11.8 Å². The van der Waals surface area contributed by atoms with E-state index in [1.807, 2.05) is 6.07 Å². The number of hydrogen-bond acceptors (Lipinski definition) is 7. The van der Waals surface area contributed by atoms with Gasteiger partial charge in [0.2, 0.25) is 0 Å². The number of ether oxygens (including phenoxy) is 2. The third-order valence-corrected chi connectivity index (χ3v) is 2.33. The van der Waals surface area contributed by atoms with Gasteiger partial charge in [0.25, 0.3) is 0 Å². The third-order valence-electron chi connectivity index (χ3n) is 2.33. The number of rotatable bonds is 4. The van der Waals surface area contributed by atoms with Gasteiger partial charge in [-0.1, -0.05) is 0 Å². The van der Waals surface area contributed by atoms with E-state index in [1.54, 1.807) is 0 Å². The summed E-state index contributed by atoms with van der Waals surface area (Å²) in [6.07, 6.45) is 1.10. The Kier molecular flexibility index (Phi) is 3.72. The summed E-state index contributed by atoms with van der Waals surface area (Å²) in [4.78, 5) is 17.7. The molecule has 2 rings (SSSR count). The molecule has 0 saturated carbocycles. The maximum absolute atomic E-state index is 11.0. The standard InChI is InChI=1S/C12H8N4O4/c1-19-11-10(16(17)18)12(15-7-14-11)20-9-4-2-8(6-13)3-5-9/h2-5,7H,1H3. The van der Waals surface area contributed by atoms with Gasteiger partial charge in [-0.3, -0.25) is 10.1 Å². The molecule has 8 nitrogen and oxygen atoms in total. The fourth-order valence-corrected chi connectivity index (χ4v) is 1.44. The highest BCUT2D eigenvalue weighted by Crippen LogP contribution is 2.34. The van der Waals surface area contributed by atoms with E-state index in [1.165, 1.54) is 31.4 Å². The summed E-state index contributed by atoms with van der Waals surface area (Å²) in [6, 6.07) is 8.03. The lowest BCUT2D eigenvalue weighted by Gasteiger charge is -2.06. The van der Waals surface area contributed by atoms with Crippen molar-refractivity contribution in [3.8, 4) is 23.6 Å². The van der Waals surface area contributed by atoms with Crippen LogP contribution in [0.2, 0.25) is 0 Å². The molecule has 1 aromatic heterocycles. The van der Waals surface area contributed by atoms with Gasteiger partial charge >= 0.3 is 17.4 Å². The molecule has 0 radical (unpaired) electrons. The second-order valence-electron chi connectivity index (χ2n) is 3.53. The minimum absolute atomic E-state index is 0.186. The number of nitriles is 1. The summed E-state index contributed by atoms with van der Waals surface area (Å²) in [7, 11) is 1.26. The topological polar surface area (TPSA) is 111 Å². The van der Waals surface area contributed by atoms with Crippen molar-refractivity contribution in [1.82, 2.24) is 9.97 Å². The van der Waals surface area contributed by atoms with Crippen molar-refractivity contribution in [3.63, 3.8) is 0 Å². The van der Waals surface area contributed by atoms with E-state index in [0.717, 1.165) is 6.33 Å². The Morgan fingerprint density at radius 2 is 1.90 bits per heavy atom. The monoisotopic (exact) mass is 272 g/mol. The quantitative estimate of drug-likeness (QED) is 0.618. The van der Waals surface area contributed by atoms with Crippen molar-refractivity contribution in [1.29, 1.82) is 5.26 Å². The first-order valence-corrected chi connectivity index (χ1v) is 5.37. The summed E-state index contributed by atoms with van der Waals surface area (Å²) in [5.74, 6) is -0.104. The van der Waals surface area contributed by atoms with Crippen LogP contribution in [-0.2, 0) is 0 Å². The summed E-state index contributed by atoms with van der Waals surface area (Å²) >= 11 is 0. The Bertz CT molecular complexity index is 679. The number of hydrogen-bond donors (Lipinski definition) is 0. The minimum Gasteiger partial charge on any atom is -0.476 e. The molecule has 0 amide bonds. The van der Waals surface area contributed by atoms with Gasteiger partial charge in [-0.25, -0.2) is 0 Å². The number of nitrogens with zero attached hydrogens (tertiary/aromatic N) is 4. The van der Waals surface area contributed by atoms with Crippen LogP contribution in [0.3, 0.4) is 0 Å². The molecule has 0 fully saturated rings. The highest BCUT2D eigenvalue weighted by molar-refractivity contribution is 5.50. The van der Waals surface area contributed by atoms with Gasteiger partial charge in [0, 0.05) is 0 Å². The van der Waals surface area contributed by atoms with Crippen LogP contribution in [-0.4, -0.2) is 22.0 Å². The molecule has 0 saturated heterocycles. The SMILES string of the molecule is COc1ncnc(Oc2ccc(C#N)cc2)c1[N+](=O)[O-]. The largest absolute Gasteiger partial charge is 0.476 e. The van der Waals surface area contributed by atoms with Gasteiger partial charge < -0.3 is 9.47 Å². The predicted molar refractivity (Wildman–Crippen MR) is 66.5 cm³/mol. The Labute approximate surface area is 113 Å². The minimum atomic E-state index is -0.683. The van der Waals surface area contributed by atoms with Crippen molar-refractivity contribution in [2.45, 2.75) is 0 Å². The molecule has 8 heteroatoms. The second kappa shape index (κ2) is 5.62. The van der Waals surface area contributed by atoms with Crippen molar-refractivity contribution in [2.24, 2.45) is 0 Å². The van der Waals surface area contributed by atoms with Gasteiger partial charge in [0.05, 0.1) is 23.7 Å². The molecule has 2 aromatic rings. The zero-order valence-corrected chi connectivity index (χ0v) is 10.3. The fraction of sp³-hybridized carbons (Fsp3) is 0.0833. The van der Waals surface area contributed by atoms with Gasteiger partial charge in [-0.05, 0) is 24.3 Å². The molecule has 0 aliphatic carbocycles. The van der Waals surface area contributed by atoms with Gasteiger partial charge in [0.1, 0.15) is 12.1 Å². The van der Waals surface area contributed by atoms with E-state index in [9.17, 15) is 10.1 Å². The van der Waals surface area contributed by atoms with E-state index in [2.05, 4.69) is 9.97 Å². The number of benzene rings is 1. The summed E-state index contributed by atoms with van der Waals surface area (Å²) in [5.41, 5.74) is -0.00789. The average molecular weight is 272 g/mol. The lowest BCUT2D eigenvalue weighted by molar-refractivity contribution is -0.387. The van der Waals surface area contributed by atoms with Gasteiger partial charge in [0.15, 0.2) is 0 Å². The smallest absolute Gasteiger partial charge is 0.392 e. The van der Waals surface area contributed by atoms with Crippen LogP contribution >= 0.6 is 0 Å². The van der Waals surface area contributed by atoms with E-state index in [0.29, 0.717) is 11.3 Å². The van der Waals surface area contributed by atoms with Crippen LogP contribution in [0.25, 0.3) is 0 Å². The molecular formula is C12H8N4O4. The Balaban J connectivity index is 2.37. The van der Waals surface area contributed by atoms with Crippen molar-refractivity contribution in [3.05, 3.63) is 46.3 Å². The Morgan fingerprint density at radius 3 is 2.45 bits per heavy atom. The van der Waals surface area contributed by atoms with Crippen molar-refractivity contribution >= 4 is 5.69 Å². The second-order valence-corrected chi connectivity index (χ2v) is 3.53. The first-order chi connectivity index (χ1) is 9.65. The zero-order valence-electron chi connectivity index (χ0n) is 10.3. The van der Waals surface area contributed by atoms with Gasteiger partial charge in [-0.15, -0.1) is 0 Å². The highest BCUT2D eigenvalue weighted by Gasteiger charge is 2.25. The zero-order chi connectivity index (χ0) is 14.5. The van der Waals surface area contributed by atoms with Crippen LogP contribution in [0, 0.1) is 21.4 Å². The molecule has 0 aliphatic rings. The maximum Gasteiger partial charge on any atom is 0.392 e. The van der Waals surface area contributed by atoms with Crippen LogP contribution in [0.5, 0.6) is 17.5 Å². The first kappa shape index (κ1) is 13.2. The lowest BCUT2D eigenvalue weighted by Crippen LogP contribution is -2.01. The van der Waals surface area contributed by atoms with Crippen molar-refractivity contribution < 1.29 is 14.4 Å². The van der Waals surface area contributed by atoms with E-state index in [4.69, 9.17) is 14.7 Å². The maximum atomic E-state index is 11.0. The molecule has 0 aliphatic heterocycles. The summed E-state index contributed by atoms with van der Waals surface area (Å²) < 4.78 is 10.1. The number of aromatic nitrogens is 2. The molecule has 1 heterocycles. The molecule has 0 bridgehead atoms. The molecule has 1 aromatic carbocycles. The van der Waals surface area contributed by atoms with Crippen LogP contribution in [0.4, 0.5) is 5.69 Å². The average Bonchev–Trinajstić information content (AvgIpc) is 2.47. The van der Waals surface area contributed by atoms with Gasteiger partial charge in [-0.2, -0.15) is 15.2 Å². The molecular weight excluding hydrogens is 264 g/mol. The normalized spacial score (nSPS) is 9.60. The molecule has 100 valence electrons. The molecule has 0 unspecified atom stereocenters. The predicted octanol–water partition coefficient (Wildman–Crippen LogP) is 2.06. The Hall–Kier alpha value is -3.21. The van der Waals surface area contributed by atoms with E-state index < -0.39 is 10.6 Å². The molecule has 0 spiro atoms. The first-order valence-electron chi connectivity index (χ1n) is 5.37. The highest BCUT2D eigenvalue weighted by atomic mass is 16.6. The number of nitro groups is 1. The van der Waals surface area contributed by atoms with E-state index >= 15 is 0 Å². The summed E-state index contributed by atoms with van der Waals surface area (Å²) in [6.45, 7) is 0. The molecule has 0 atom stereocenters. The molecule has 20 heavy (non-hydrogen) atoms. The Morgan fingerprint density at radius 1 is 1.25 bits per heavy atom.